The molecule has 0 fully saturated rings. The summed E-state index contributed by atoms with van der Waals surface area (Å²) in [5.41, 5.74) is 2.78. The first-order valence-corrected chi connectivity index (χ1v) is 9.10. The number of benzene rings is 3. The Kier molecular flexibility index (Phi) is 3.06. The number of aryl methyl sites for hydroxylation is 1. The van der Waals surface area contributed by atoms with Crippen molar-refractivity contribution in [2.24, 2.45) is 0 Å². The van der Waals surface area contributed by atoms with Gasteiger partial charge in [-0.2, -0.15) is 0 Å². The van der Waals surface area contributed by atoms with Crippen molar-refractivity contribution in [2.45, 2.75) is 6.92 Å². The molecule has 0 amide bonds. The molecule has 29 heavy (non-hydrogen) atoms. The van der Waals surface area contributed by atoms with Gasteiger partial charge in [-0.3, -0.25) is 0 Å². The van der Waals surface area contributed by atoms with E-state index in [4.69, 9.17) is 0 Å². The van der Waals surface area contributed by atoms with Crippen LogP contribution in [0.1, 0.15) is 5.56 Å². The molecule has 0 aliphatic heterocycles. The van der Waals surface area contributed by atoms with Crippen LogP contribution in [0.2, 0.25) is 0 Å². The third-order valence-corrected chi connectivity index (χ3v) is 5.64. The molecule has 0 radical (unpaired) electrons. The topological polar surface area (TPSA) is 30.2 Å². The van der Waals surface area contributed by atoms with Gasteiger partial charge < -0.3 is 4.40 Å². The lowest BCUT2D eigenvalue weighted by Crippen LogP contribution is -2.02. The minimum absolute atomic E-state index is 0.0406. The fraction of sp³-hybridized carbons (Fsp3) is 0.0435. The van der Waals surface area contributed by atoms with Crippen LogP contribution < -0.4 is 0 Å². The molecular weight excluding hydrogens is 375 g/mol. The van der Waals surface area contributed by atoms with Crippen LogP contribution in [0.5, 0.6) is 0 Å². The minimum atomic E-state index is -1.51. The molecule has 6 heteroatoms. The van der Waals surface area contributed by atoms with Crippen molar-refractivity contribution in [3.8, 4) is 11.4 Å². The summed E-state index contributed by atoms with van der Waals surface area (Å²) in [5.74, 6) is -4.01. The average molecular weight is 387 g/mol. The molecule has 6 aromatic rings. The molecule has 3 nitrogen and oxygen atoms in total. The Morgan fingerprint density at radius 1 is 0.828 bits per heavy atom. The first kappa shape index (κ1) is 16.3. The normalized spacial score (nSPS) is 12.1. The quantitative estimate of drug-likeness (QED) is 0.323. The minimum Gasteiger partial charge on any atom is -0.306 e. The lowest BCUT2D eigenvalue weighted by atomic mass is 10.1. The third-order valence-electron chi connectivity index (χ3n) is 5.64. The Bertz CT molecular complexity index is 1600. The van der Waals surface area contributed by atoms with E-state index in [2.05, 4.69) is 9.97 Å². The van der Waals surface area contributed by atoms with Gasteiger partial charge in [0.25, 0.3) is 0 Å². The standard InChI is InChI=1S/C23H12F3N3/c1-11-18(24)20(26)19(25)17-21(11)27-10-28-22(17)16-9-12-5-4-7-14-13-6-2-3-8-15(13)29(16)23(12)14/h2-10H,1H3. The second kappa shape index (κ2) is 5.44. The van der Waals surface area contributed by atoms with Gasteiger partial charge >= 0.3 is 0 Å². The zero-order chi connectivity index (χ0) is 19.9. The predicted molar refractivity (Wildman–Crippen MR) is 107 cm³/mol. The fourth-order valence-electron chi connectivity index (χ4n) is 4.34. The van der Waals surface area contributed by atoms with Gasteiger partial charge in [0.15, 0.2) is 17.5 Å². The smallest absolute Gasteiger partial charge is 0.195 e. The number of nitrogens with zero attached hydrogens (tertiary/aromatic N) is 3. The summed E-state index contributed by atoms with van der Waals surface area (Å²) in [4.78, 5) is 8.32. The van der Waals surface area contributed by atoms with Crippen molar-refractivity contribution < 1.29 is 13.2 Å². The van der Waals surface area contributed by atoms with Gasteiger partial charge in [-0.05, 0) is 19.1 Å². The van der Waals surface area contributed by atoms with Crippen LogP contribution in [0, 0.1) is 24.4 Å². The highest BCUT2D eigenvalue weighted by Crippen LogP contribution is 2.40. The van der Waals surface area contributed by atoms with E-state index in [1.807, 2.05) is 52.9 Å². The van der Waals surface area contributed by atoms with Crippen LogP contribution in [-0.2, 0) is 0 Å². The van der Waals surface area contributed by atoms with Crippen LogP contribution in [0.4, 0.5) is 13.2 Å². The van der Waals surface area contributed by atoms with Crippen molar-refractivity contribution in [1.82, 2.24) is 14.4 Å². The van der Waals surface area contributed by atoms with E-state index in [0.717, 1.165) is 27.2 Å². The molecule has 3 aromatic carbocycles. The van der Waals surface area contributed by atoms with E-state index in [0.29, 0.717) is 5.69 Å². The van der Waals surface area contributed by atoms with E-state index in [9.17, 15) is 13.2 Å². The second-order valence-corrected chi connectivity index (χ2v) is 7.14. The van der Waals surface area contributed by atoms with Gasteiger partial charge in [0.1, 0.15) is 12.0 Å². The number of hydrogen-bond donors (Lipinski definition) is 0. The molecule has 6 rings (SSSR count). The number of hydrogen-bond acceptors (Lipinski definition) is 2. The summed E-state index contributed by atoms with van der Waals surface area (Å²) in [6, 6.07) is 15.8. The summed E-state index contributed by atoms with van der Waals surface area (Å²) in [6.07, 6.45) is 1.26. The van der Waals surface area contributed by atoms with E-state index in [1.54, 1.807) is 0 Å². The second-order valence-electron chi connectivity index (χ2n) is 7.14. The molecule has 3 heterocycles. The van der Waals surface area contributed by atoms with Gasteiger partial charge in [-0.1, -0.05) is 36.4 Å². The molecule has 0 saturated heterocycles. The summed E-state index contributed by atoms with van der Waals surface area (Å²) in [7, 11) is 0. The number of para-hydroxylation sites is 2. The molecular formula is C23H12F3N3. The Morgan fingerprint density at radius 3 is 2.48 bits per heavy atom. The average Bonchev–Trinajstić information content (AvgIpc) is 3.30. The van der Waals surface area contributed by atoms with Crippen molar-refractivity contribution in [1.29, 1.82) is 0 Å². The summed E-state index contributed by atoms with van der Waals surface area (Å²) in [5, 5.41) is 2.97. The van der Waals surface area contributed by atoms with E-state index in [-0.39, 0.29) is 22.2 Å². The molecule has 140 valence electrons. The van der Waals surface area contributed by atoms with Crippen LogP contribution >= 0.6 is 0 Å². The number of halogens is 3. The molecule has 0 aliphatic rings. The zero-order valence-electron chi connectivity index (χ0n) is 15.2. The molecule has 0 saturated carbocycles. The van der Waals surface area contributed by atoms with Gasteiger partial charge in [-0.25, -0.2) is 23.1 Å². The van der Waals surface area contributed by atoms with Crippen LogP contribution in [0.3, 0.4) is 0 Å². The first-order valence-electron chi connectivity index (χ1n) is 9.10. The van der Waals surface area contributed by atoms with Gasteiger partial charge in [0, 0.05) is 21.7 Å². The predicted octanol–water partition coefficient (Wildman–Crippen LogP) is 6.02. The Hall–Kier alpha value is -3.67. The van der Waals surface area contributed by atoms with E-state index in [1.165, 1.54) is 13.3 Å². The summed E-state index contributed by atoms with van der Waals surface area (Å²) < 4.78 is 45.2. The Labute approximate surface area is 162 Å². The number of aromatic nitrogens is 3. The Balaban J connectivity index is 1.86. The molecule has 0 aliphatic carbocycles. The van der Waals surface area contributed by atoms with Crippen molar-refractivity contribution in [3.05, 3.63) is 77.9 Å². The maximum Gasteiger partial charge on any atom is 0.195 e. The first-order chi connectivity index (χ1) is 14.1. The molecule has 0 atom stereocenters. The summed E-state index contributed by atoms with van der Waals surface area (Å²) >= 11 is 0. The molecule has 0 N–H and O–H groups in total. The van der Waals surface area contributed by atoms with E-state index < -0.39 is 17.5 Å². The summed E-state index contributed by atoms with van der Waals surface area (Å²) in [6.45, 7) is 1.39. The Morgan fingerprint density at radius 2 is 1.62 bits per heavy atom. The molecule has 3 aromatic heterocycles. The lowest BCUT2D eigenvalue weighted by Gasteiger charge is -2.10. The largest absolute Gasteiger partial charge is 0.306 e. The van der Waals surface area contributed by atoms with Crippen molar-refractivity contribution in [2.75, 3.05) is 0 Å². The van der Waals surface area contributed by atoms with Gasteiger partial charge in [0.2, 0.25) is 0 Å². The SMILES string of the molecule is Cc1c(F)c(F)c(F)c2c(-c3cc4cccc5c6ccccc6n3c45)ncnc12. The monoisotopic (exact) mass is 387 g/mol. The fourth-order valence-corrected chi connectivity index (χ4v) is 4.34. The van der Waals surface area contributed by atoms with Crippen LogP contribution in [-0.4, -0.2) is 14.4 Å². The molecule has 0 spiro atoms. The van der Waals surface area contributed by atoms with Crippen LogP contribution in [0.25, 0.3) is 49.5 Å². The molecule has 0 unspecified atom stereocenters. The maximum absolute atomic E-state index is 14.9. The highest BCUT2D eigenvalue weighted by atomic mass is 19.2. The van der Waals surface area contributed by atoms with E-state index >= 15 is 0 Å². The van der Waals surface area contributed by atoms with Gasteiger partial charge in [-0.15, -0.1) is 0 Å². The highest BCUT2D eigenvalue weighted by molar-refractivity contribution is 6.16. The lowest BCUT2D eigenvalue weighted by molar-refractivity contribution is 0.450. The maximum atomic E-state index is 14.9. The number of rotatable bonds is 1. The molecule has 0 bridgehead atoms. The van der Waals surface area contributed by atoms with Crippen LogP contribution in [0.15, 0.2) is 54.9 Å². The number of fused-ring (bicyclic) bond motifs is 4. The highest BCUT2D eigenvalue weighted by Gasteiger charge is 2.25. The van der Waals surface area contributed by atoms with Crippen molar-refractivity contribution >= 4 is 38.1 Å². The van der Waals surface area contributed by atoms with Crippen molar-refractivity contribution in [3.63, 3.8) is 0 Å². The van der Waals surface area contributed by atoms with Gasteiger partial charge in [0.05, 0.1) is 27.6 Å². The third kappa shape index (κ3) is 1.93. The zero-order valence-corrected chi connectivity index (χ0v) is 15.2.